The van der Waals surface area contributed by atoms with Crippen LogP contribution in [0.15, 0.2) is 42.9 Å². The van der Waals surface area contributed by atoms with Crippen molar-refractivity contribution >= 4 is 11.9 Å². The van der Waals surface area contributed by atoms with Crippen molar-refractivity contribution in [1.82, 2.24) is 15.3 Å². The first-order chi connectivity index (χ1) is 9.16. The number of carbonyl (C=O) groups is 2. The van der Waals surface area contributed by atoms with Gasteiger partial charge in [0.2, 0.25) is 0 Å². The lowest BCUT2D eigenvalue weighted by Crippen LogP contribution is -2.23. The molecule has 2 aromatic heterocycles. The van der Waals surface area contributed by atoms with Crippen molar-refractivity contribution in [3.8, 4) is 0 Å². The third kappa shape index (κ3) is 3.35. The Labute approximate surface area is 109 Å². The zero-order valence-corrected chi connectivity index (χ0v) is 9.91. The van der Waals surface area contributed by atoms with Gasteiger partial charge in [0.1, 0.15) is 0 Å². The summed E-state index contributed by atoms with van der Waals surface area (Å²) in [6.45, 7) is 0.169. The predicted octanol–water partition coefficient (Wildman–Crippen LogP) is 1.10. The number of nitrogens with one attached hydrogen (secondary N) is 1. The molecule has 0 aliphatic carbocycles. The first-order valence-corrected chi connectivity index (χ1v) is 5.53. The van der Waals surface area contributed by atoms with Crippen molar-refractivity contribution in [2.24, 2.45) is 0 Å². The molecule has 0 fully saturated rings. The fraction of sp³-hybridized carbons (Fsp3) is 0.0769. The molecule has 1 amide bonds. The Kier molecular flexibility index (Phi) is 3.82. The van der Waals surface area contributed by atoms with Crippen molar-refractivity contribution in [2.75, 3.05) is 0 Å². The monoisotopic (exact) mass is 257 g/mol. The Morgan fingerprint density at radius 1 is 1.11 bits per heavy atom. The van der Waals surface area contributed by atoms with Gasteiger partial charge in [0.05, 0.1) is 17.8 Å². The lowest BCUT2D eigenvalue weighted by atomic mass is 10.2. The van der Waals surface area contributed by atoms with Crippen LogP contribution in [0, 0.1) is 0 Å². The molecule has 0 bridgehead atoms. The van der Waals surface area contributed by atoms with E-state index in [0.717, 1.165) is 0 Å². The van der Waals surface area contributed by atoms with Crippen LogP contribution in [0.5, 0.6) is 0 Å². The number of carboxylic acid groups (broad SMARTS) is 1. The molecule has 2 N–H and O–H groups in total. The van der Waals surface area contributed by atoms with Crippen LogP contribution in [0.3, 0.4) is 0 Å². The lowest BCUT2D eigenvalue weighted by Gasteiger charge is -2.05. The van der Waals surface area contributed by atoms with E-state index in [2.05, 4.69) is 15.3 Å². The number of carbonyl (C=O) groups excluding carboxylic acids is 1. The molecular formula is C13H11N3O3. The average Bonchev–Trinajstić information content (AvgIpc) is 2.46. The highest BCUT2D eigenvalue weighted by molar-refractivity contribution is 5.94. The van der Waals surface area contributed by atoms with E-state index in [0.29, 0.717) is 11.3 Å². The molecule has 6 heteroatoms. The van der Waals surface area contributed by atoms with Crippen molar-refractivity contribution in [3.63, 3.8) is 0 Å². The fourth-order valence-corrected chi connectivity index (χ4v) is 1.48. The van der Waals surface area contributed by atoms with E-state index in [9.17, 15) is 9.59 Å². The van der Waals surface area contributed by atoms with Gasteiger partial charge in [-0.1, -0.05) is 0 Å². The molecule has 0 atom stereocenters. The minimum absolute atomic E-state index is 0.142. The average molecular weight is 257 g/mol. The SMILES string of the molecule is O=C(O)c1ccnc(CNC(=O)c2ccncc2)c1. The molecule has 0 aliphatic rings. The Bertz CT molecular complexity index is 599. The molecule has 2 aromatic rings. The molecule has 19 heavy (non-hydrogen) atoms. The Hall–Kier alpha value is -2.76. The molecule has 0 radical (unpaired) electrons. The Balaban J connectivity index is 2.01. The molecular weight excluding hydrogens is 246 g/mol. The number of hydrogen-bond acceptors (Lipinski definition) is 4. The highest BCUT2D eigenvalue weighted by Crippen LogP contribution is 2.02. The van der Waals surface area contributed by atoms with E-state index >= 15 is 0 Å². The first-order valence-electron chi connectivity index (χ1n) is 5.53. The topological polar surface area (TPSA) is 92.2 Å². The van der Waals surface area contributed by atoms with Crippen LogP contribution >= 0.6 is 0 Å². The van der Waals surface area contributed by atoms with Crippen LogP contribution in [0.25, 0.3) is 0 Å². The molecule has 0 spiro atoms. The Morgan fingerprint density at radius 2 is 1.79 bits per heavy atom. The van der Waals surface area contributed by atoms with Crippen molar-refractivity contribution < 1.29 is 14.7 Å². The van der Waals surface area contributed by atoms with Crippen LogP contribution in [-0.4, -0.2) is 27.0 Å². The fourth-order valence-electron chi connectivity index (χ4n) is 1.48. The maximum Gasteiger partial charge on any atom is 0.335 e. The highest BCUT2D eigenvalue weighted by Gasteiger charge is 2.07. The molecule has 0 saturated carbocycles. The van der Waals surface area contributed by atoms with Gasteiger partial charge in [0, 0.05) is 24.2 Å². The zero-order valence-electron chi connectivity index (χ0n) is 9.91. The quantitative estimate of drug-likeness (QED) is 0.855. The minimum atomic E-state index is -1.02. The second-order valence-corrected chi connectivity index (χ2v) is 3.76. The lowest BCUT2D eigenvalue weighted by molar-refractivity contribution is 0.0696. The van der Waals surface area contributed by atoms with E-state index in [1.54, 1.807) is 12.1 Å². The van der Waals surface area contributed by atoms with Crippen molar-refractivity contribution in [3.05, 3.63) is 59.7 Å². The number of nitrogens with zero attached hydrogens (tertiary/aromatic N) is 2. The van der Waals surface area contributed by atoms with Gasteiger partial charge in [-0.3, -0.25) is 14.8 Å². The summed E-state index contributed by atoms with van der Waals surface area (Å²) in [6.07, 6.45) is 4.45. The second kappa shape index (κ2) is 5.72. The van der Waals surface area contributed by atoms with Gasteiger partial charge in [0.25, 0.3) is 5.91 Å². The smallest absolute Gasteiger partial charge is 0.335 e. The molecule has 0 unspecified atom stereocenters. The third-order valence-electron chi connectivity index (χ3n) is 2.44. The summed E-state index contributed by atoms with van der Waals surface area (Å²) < 4.78 is 0. The van der Waals surface area contributed by atoms with E-state index in [1.807, 2.05) is 0 Å². The Morgan fingerprint density at radius 3 is 2.47 bits per heavy atom. The van der Waals surface area contributed by atoms with Gasteiger partial charge in [-0.05, 0) is 24.3 Å². The first kappa shape index (κ1) is 12.7. The van der Waals surface area contributed by atoms with Gasteiger partial charge in [-0.15, -0.1) is 0 Å². The van der Waals surface area contributed by atoms with E-state index < -0.39 is 5.97 Å². The summed E-state index contributed by atoms with van der Waals surface area (Å²) in [5.41, 5.74) is 1.12. The second-order valence-electron chi connectivity index (χ2n) is 3.76. The van der Waals surface area contributed by atoms with Crippen LogP contribution in [0.2, 0.25) is 0 Å². The number of aromatic nitrogens is 2. The molecule has 0 aliphatic heterocycles. The van der Waals surface area contributed by atoms with E-state index in [4.69, 9.17) is 5.11 Å². The summed E-state index contributed by atoms with van der Waals surface area (Å²) in [7, 11) is 0. The summed E-state index contributed by atoms with van der Waals surface area (Å²) in [6, 6.07) is 6.01. The third-order valence-corrected chi connectivity index (χ3v) is 2.44. The highest BCUT2D eigenvalue weighted by atomic mass is 16.4. The summed E-state index contributed by atoms with van der Waals surface area (Å²) in [4.78, 5) is 30.4. The molecule has 0 aromatic carbocycles. The van der Waals surface area contributed by atoms with Crippen LogP contribution in [-0.2, 0) is 6.54 Å². The number of amides is 1. The normalized spacial score (nSPS) is 9.89. The summed E-state index contributed by atoms with van der Waals surface area (Å²) >= 11 is 0. The number of aromatic carboxylic acids is 1. The van der Waals surface area contributed by atoms with Crippen molar-refractivity contribution in [1.29, 1.82) is 0 Å². The minimum Gasteiger partial charge on any atom is -0.478 e. The van der Waals surface area contributed by atoms with E-state index in [-0.39, 0.29) is 18.0 Å². The largest absolute Gasteiger partial charge is 0.478 e. The number of carboxylic acids is 1. The molecule has 2 heterocycles. The van der Waals surface area contributed by atoms with Gasteiger partial charge < -0.3 is 10.4 Å². The van der Waals surface area contributed by atoms with Crippen LogP contribution in [0.4, 0.5) is 0 Å². The summed E-state index contributed by atoms with van der Waals surface area (Å²) in [5.74, 6) is -1.28. The summed E-state index contributed by atoms with van der Waals surface area (Å²) in [5, 5.41) is 11.5. The standard InChI is InChI=1S/C13H11N3O3/c17-12(9-1-4-14-5-2-9)16-8-11-7-10(13(18)19)3-6-15-11/h1-7H,8H2,(H,16,17)(H,18,19). The predicted molar refractivity (Wildman–Crippen MR) is 66.6 cm³/mol. The zero-order chi connectivity index (χ0) is 13.7. The molecule has 2 rings (SSSR count). The van der Waals surface area contributed by atoms with Crippen LogP contribution in [0.1, 0.15) is 26.4 Å². The van der Waals surface area contributed by atoms with Gasteiger partial charge >= 0.3 is 5.97 Å². The maximum atomic E-state index is 11.8. The van der Waals surface area contributed by atoms with Crippen molar-refractivity contribution in [2.45, 2.75) is 6.54 Å². The number of pyridine rings is 2. The van der Waals surface area contributed by atoms with Gasteiger partial charge in [0.15, 0.2) is 0 Å². The molecule has 6 nitrogen and oxygen atoms in total. The van der Waals surface area contributed by atoms with Gasteiger partial charge in [-0.25, -0.2) is 4.79 Å². The maximum absolute atomic E-state index is 11.8. The number of hydrogen-bond donors (Lipinski definition) is 2. The van der Waals surface area contributed by atoms with Gasteiger partial charge in [-0.2, -0.15) is 0 Å². The van der Waals surface area contributed by atoms with Crippen LogP contribution < -0.4 is 5.32 Å². The van der Waals surface area contributed by atoms with E-state index in [1.165, 1.54) is 30.7 Å². The molecule has 96 valence electrons. The molecule has 0 saturated heterocycles. The number of rotatable bonds is 4.